The predicted molar refractivity (Wildman–Crippen MR) is 106 cm³/mol. The molecule has 0 saturated carbocycles. The number of aliphatic imine (C=N–C) groups is 1. The first-order chi connectivity index (χ1) is 13.0. The van der Waals surface area contributed by atoms with E-state index >= 15 is 0 Å². The molecule has 0 fully saturated rings. The Morgan fingerprint density at radius 1 is 0.889 bits per heavy atom. The summed E-state index contributed by atoms with van der Waals surface area (Å²) in [5.74, 6) is 0.561. The van der Waals surface area contributed by atoms with E-state index in [2.05, 4.69) is 4.99 Å². The van der Waals surface area contributed by atoms with Crippen molar-refractivity contribution >= 4 is 52.7 Å². The number of furan rings is 1. The van der Waals surface area contributed by atoms with E-state index in [0.29, 0.717) is 32.2 Å². The van der Waals surface area contributed by atoms with E-state index in [1.807, 2.05) is 18.2 Å². The maximum absolute atomic E-state index is 12.1. The van der Waals surface area contributed by atoms with Crippen molar-refractivity contribution in [2.75, 3.05) is 0 Å². The van der Waals surface area contributed by atoms with E-state index in [4.69, 9.17) is 44.0 Å². The van der Waals surface area contributed by atoms with Gasteiger partial charge in [0.05, 0.1) is 15.6 Å². The molecule has 4 rings (SSSR count). The molecule has 3 aromatic rings. The van der Waals surface area contributed by atoms with E-state index < -0.39 is 5.97 Å². The van der Waals surface area contributed by atoms with Crippen LogP contribution in [0.2, 0.25) is 15.1 Å². The van der Waals surface area contributed by atoms with Gasteiger partial charge in [-0.1, -0.05) is 46.9 Å². The monoisotopic (exact) mass is 417 g/mol. The zero-order valence-electron chi connectivity index (χ0n) is 13.6. The van der Waals surface area contributed by atoms with Crippen LogP contribution in [-0.4, -0.2) is 11.9 Å². The molecule has 27 heavy (non-hydrogen) atoms. The number of rotatable bonds is 3. The molecule has 0 N–H and O–H groups in total. The fraction of sp³-hybridized carbons (Fsp3) is 0. The Morgan fingerprint density at radius 2 is 1.70 bits per heavy atom. The molecule has 2 aromatic carbocycles. The molecule has 0 spiro atoms. The lowest BCUT2D eigenvalue weighted by atomic mass is 10.2. The van der Waals surface area contributed by atoms with Gasteiger partial charge in [0, 0.05) is 16.7 Å². The highest BCUT2D eigenvalue weighted by molar-refractivity contribution is 6.37. The van der Waals surface area contributed by atoms with Crippen LogP contribution in [0.25, 0.3) is 17.4 Å². The summed E-state index contributed by atoms with van der Waals surface area (Å²) < 4.78 is 11.0. The summed E-state index contributed by atoms with van der Waals surface area (Å²) in [6.07, 6.45) is 1.50. The van der Waals surface area contributed by atoms with Crippen molar-refractivity contribution in [3.8, 4) is 11.3 Å². The van der Waals surface area contributed by atoms with Gasteiger partial charge in [0.25, 0.3) is 0 Å². The molecule has 0 radical (unpaired) electrons. The van der Waals surface area contributed by atoms with Gasteiger partial charge in [0.1, 0.15) is 11.5 Å². The van der Waals surface area contributed by atoms with E-state index in [1.54, 1.807) is 36.4 Å². The average molecular weight is 419 g/mol. The fourth-order valence-corrected chi connectivity index (χ4v) is 3.28. The van der Waals surface area contributed by atoms with Crippen LogP contribution in [0.5, 0.6) is 0 Å². The molecule has 0 atom stereocenters. The maximum Gasteiger partial charge on any atom is 0.363 e. The first kappa shape index (κ1) is 17.9. The number of ether oxygens (including phenoxy) is 1. The number of carbonyl (C=O) groups is 1. The molecule has 1 aliphatic heterocycles. The molecule has 0 amide bonds. The highest BCUT2D eigenvalue weighted by Crippen LogP contribution is 2.31. The van der Waals surface area contributed by atoms with E-state index in [-0.39, 0.29) is 11.6 Å². The number of esters is 1. The lowest BCUT2D eigenvalue weighted by Gasteiger charge is -2.02. The minimum atomic E-state index is -0.591. The van der Waals surface area contributed by atoms with Gasteiger partial charge in [-0.3, -0.25) is 0 Å². The summed E-state index contributed by atoms with van der Waals surface area (Å²) >= 11 is 18.2. The lowest BCUT2D eigenvalue weighted by molar-refractivity contribution is -0.129. The van der Waals surface area contributed by atoms with Gasteiger partial charge in [-0.05, 0) is 42.5 Å². The minimum absolute atomic E-state index is 0.107. The van der Waals surface area contributed by atoms with Crippen molar-refractivity contribution in [3.05, 3.63) is 86.7 Å². The number of cyclic esters (lactones) is 1. The normalized spacial score (nSPS) is 15.1. The van der Waals surface area contributed by atoms with Crippen LogP contribution in [0, 0.1) is 0 Å². The Kier molecular flexibility index (Phi) is 4.79. The third-order valence-corrected chi connectivity index (χ3v) is 4.70. The number of nitrogens with zero attached hydrogens (tertiary/aromatic N) is 1. The standard InChI is InChI=1S/C20H10Cl3NO3/c21-11-5-7-14(16(23)9-11)19-24-17(20(25)27-19)10-12-6-8-18(26-12)13-3-1-2-4-15(13)22/h1-10H/b17-10-. The average Bonchev–Trinajstić information content (AvgIpc) is 3.23. The molecule has 7 heteroatoms. The van der Waals surface area contributed by atoms with Gasteiger partial charge < -0.3 is 9.15 Å². The van der Waals surface area contributed by atoms with Crippen LogP contribution in [0.15, 0.2) is 69.7 Å². The first-order valence-electron chi connectivity index (χ1n) is 7.84. The summed E-state index contributed by atoms with van der Waals surface area (Å²) in [7, 11) is 0. The van der Waals surface area contributed by atoms with E-state index in [9.17, 15) is 4.79 Å². The largest absolute Gasteiger partial charge is 0.457 e. The summed E-state index contributed by atoms with van der Waals surface area (Å²) in [5, 5.41) is 1.39. The van der Waals surface area contributed by atoms with E-state index in [0.717, 1.165) is 5.56 Å². The molecule has 134 valence electrons. The zero-order valence-corrected chi connectivity index (χ0v) is 15.8. The second-order valence-corrected chi connectivity index (χ2v) is 6.89. The quantitative estimate of drug-likeness (QED) is 0.373. The second kappa shape index (κ2) is 7.24. The fourth-order valence-electron chi connectivity index (χ4n) is 2.56. The smallest absolute Gasteiger partial charge is 0.363 e. The van der Waals surface area contributed by atoms with Crippen molar-refractivity contribution in [1.82, 2.24) is 0 Å². The third kappa shape index (κ3) is 3.65. The van der Waals surface area contributed by atoms with E-state index in [1.165, 1.54) is 6.08 Å². The van der Waals surface area contributed by atoms with Crippen LogP contribution in [0.4, 0.5) is 0 Å². The van der Waals surface area contributed by atoms with Gasteiger partial charge in [0.15, 0.2) is 5.70 Å². The Labute approximate surface area is 169 Å². The Balaban J connectivity index is 1.65. The van der Waals surface area contributed by atoms with Gasteiger partial charge >= 0.3 is 5.97 Å². The molecule has 1 aromatic heterocycles. The topological polar surface area (TPSA) is 51.8 Å². The molecule has 0 aliphatic carbocycles. The number of benzene rings is 2. The number of hydrogen-bond acceptors (Lipinski definition) is 4. The Hall–Kier alpha value is -2.53. The predicted octanol–water partition coefficient (Wildman–Crippen LogP) is 6.25. The summed E-state index contributed by atoms with van der Waals surface area (Å²) in [4.78, 5) is 16.4. The molecule has 0 bridgehead atoms. The van der Waals surface area contributed by atoms with Gasteiger partial charge in [-0.2, -0.15) is 0 Å². The van der Waals surface area contributed by atoms with Crippen LogP contribution in [-0.2, 0) is 9.53 Å². The molecule has 0 unspecified atom stereocenters. The second-order valence-electron chi connectivity index (χ2n) is 5.64. The molecule has 4 nitrogen and oxygen atoms in total. The van der Waals surface area contributed by atoms with Crippen LogP contribution < -0.4 is 0 Å². The van der Waals surface area contributed by atoms with Crippen molar-refractivity contribution < 1.29 is 13.9 Å². The highest BCUT2D eigenvalue weighted by Gasteiger charge is 2.26. The third-order valence-electron chi connectivity index (χ3n) is 3.83. The lowest BCUT2D eigenvalue weighted by Crippen LogP contribution is -2.05. The number of hydrogen-bond donors (Lipinski definition) is 0. The highest BCUT2D eigenvalue weighted by atomic mass is 35.5. The molecule has 2 heterocycles. The first-order valence-corrected chi connectivity index (χ1v) is 8.97. The molecular weight excluding hydrogens is 409 g/mol. The van der Waals surface area contributed by atoms with Crippen LogP contribution in [0.3, 0.4) is 0 Å². The van der Waals surface area contributed by atoms with Crippen molar-refractivity contribution in [1.29, 1.82) is 0 Å². The SMILES string of the molecule is O=C1OC(c2ccc(Cl)cc2Cl)=N/C1=C\c1ccc(-c2ccccc2Cl)o1. The molecule has 0 saturated heterocycles. The zero-order chi connectivity index (χ0) is 19.0. The van der Waals surface area contributed by atoms with Crippen LogP contribution >= 0.6 is 34.8 Å². The summed E-state index contributed by atoms with van der Waals surface area (Å²) in [5.41, 5.74) is 1.35. The number of halogens is 3. The minimum Gasteiger partial charge on any atom is -0.457 e. The Morgan fingerprint density at radius 3 is 2.48 bits per heavy atom. The maximum atomic E-state index is 12.1. The van der Waals surface area contributed by atoms with Gasteiger partial charge in [-0.15, -0.1) is 0 Å². The Bertz CT molecular complexity index is 1120. The summed E-state index contributed by atoms with van der Waals surface area (Å²) in [6.45, 7) is 0. The molecular formula is C20H10Cl3NO3. The molecule has 1 aliphatic rings. The van der Waals surface area contributed by atoms with Crippen LogP contribution in [0.1, 0.15) is 11.3 Å². The van der Waals surface area contributed by atoms with Crippen molar-refractivity contribution in [2.24, 2.45) is 4.99 Å². The van der Waals surface area contributed by atoms with Crippen molar-refractivity contribution in [2.45, 2.75) is 0 Å². The summed E-state index contributed by atoms with van der Waals surface area (Å²) in [6, 6.07) is 15.7. The number of carbonyl (C=O) groups excluding carboxylic acids is 1. The van der Waals surface area contributed by atoms with Gasteiger partial charge in [0.2, 0.25) is 5.90 Å². The van der Waals surface area contributed by atoms with Crippen molar-refractivity contribution in [3.63, 3.8) is 0 Å². The van der Waals surface area contributed by atoms with Gasteiger partial charge in [-0.25, -0.2) is 9.79 Å².